The molecule has 0 spiro atoms. The molecule has 2 aliphatic rings. The summed E-state index contributed by atoms with van der Waals surface area (Å²) >= 11 is 0. The number of hydrogen-bond acceptors (Lipinski definition) is 3. The van der Waals surface area contributed by atoms with E-state index in [1.807, 2.05) is 6.20 Å². The standard InChI is InChI=1S/C22H33N3O/c1-3-26-11-10-18-12-20-8-9-21(13-18)24(20)15-17(2)16-25-22-7-5-4-6-19(22)14-23-25/h4-7,14,17-18,20-21H,3,8-13,15-16H2,1-2H3/t17?,18?,20-,21+. The summed E-state index contributed by atoms with van der Waals surface area (Å²) in [5, 5.41) is 5.87. The second kappa shape index (κ2) is 8.10. The first-order chi connectivity index (χ1) is 12.7. The Labute approximate surface area is 157 Å². The minimum Gasteiger partial charge on any atom is -0.382 e. The van der Waals surface area contributed by atoms with Crippen molar-refractivity contribution >= 4 is 10.9 Å². The Hall–Kier alpha value is -1.39. The fourth-order valence-electron chi connectivity index (χ4n) is 5.20. The summed E-state index contributed by atoms with van der Waals surface area (Å²) in [7, 11) is 0. The molecule has 2 aromatic rings. The summed E-state index contributed by atoms with van der Waals surface area (Å²) < 4.78 is 7.78. The summed E-state index contributed by atoms with van der Waals surface area (Å²) in [5.74, 6) is 1.50. The van der Waals surface area contributed by atoms with Crippen LogP contribution in [0.5, 0.6) is 0 Å². The predicted octanol–water partition coefficient (Wildman–Crippen LogP) is 4.34. The van der Waals surface area contributed by atoms with Gasteiger partial charge in [0.15, 0.2) is 0 Å². The smallest absolute Gasteiger partial charge is 0.0682 e. The normalized spacial score (nSPS) is 27.2. The van der Waals surface area contributed by atoms with E-state index in [4.69, 9.17) is 4.74 Å². The zero-order valence-electron chi connectivity index (χ0n) is 16.3. The molecule has 2 aliphatic heterocycles. The van der Waals surface area contributed by atoms with Crippen LogP contribution in [0, 0.1) is 11.8 Å². The van der Waals surface area contributed by atoms with Crippen LogP contribution in [0.1, 0.15) is 46.0 Å². The summed E-state index contributed by atoms with van der Waals surface area (Å²) in [6.45, 7) is 8.50. The van der Waals surface area contributed by atoms with Crippen LogP contribution < -0.4 is 0 Å². The van der Waals surface area contributed by atoms with Crippen molar-refractivity contribution in [2.24, 2.45) is 11.8 Å². The Morgan fingerprint density at radius 1 is 1.15 bits per heavy atom. The van der Waals surface area contributed by atoms with Gasteiger partial charge in [-0.3, -0.25) is 9.58 Å². The lowest BCUT2D eigenvalue weighted by atomic mass is 9.88. The van der Waals surface area contributed by atoms with Crippen molar-refractivity contribution in [1.82, 2.24) is 14.7 Å². The van der Waals surface area contributed by atoms with Gasteiger partial charge in [-0.2, -0.15) is 5.10 Å². The van der Waals surface area contributed by atoms with Crippen LogP contribution in [0.25, 0.3) is 10.9 Å². The molecule has 0 aliphatic carbocycles. The third-order valence-electron chi connectivity index (χ3n) is 6.41. The second-order valence-electron chi connectivity index (χ2n) is 8.40. The summed E-state index contributed by atoms with van der Waals surface area (Å²) in [6.07, 6.45) is 8.79. The van der Waals surface area contributed by atoms with E-state index in [0.717, 1.165) is 37.8 Å². The fraction of sp³-hybridized carbons (Fsp3) is 0.682. The number of para-hydroxylation sites is 1. The van der Waals surface area contributed by atoms with E-state index in [1.54, 1.807) is 0 Å². The largest absolute Gasteiger partial charge is 0.382 e. The quantitative estimate of drug-likeness (QED) is 0.660. The van der Waals surface area contributed by atoms with E-state index in [9.17, 15) is 0 Å². The number of aromatic nitrogens is 2. The van der Waals surface area contributed by atoms with Gasteiger partial charge in [0, 0.05) is 43.8 Å². The van der Waals surface area contributed by atoms with Crippen LogP contribution in [-0.4, -0.2) is 46.5 Å². The Balaban J connectivity index is 1.33. The summed E-state index contributed by atoms with van der Waals surface area (Å²) in [4.78, 5) is 2.83. The maximum atomic E-state index is 5.59. The second-order valence-corrected chi connectivity index (χ2v) is 8.40. The molecule has 4 heteroatoms. The highest BCUT2D eigenvalue weighted by molar-refractivity contribution is 5.78. The van der Waals surface area contributed by atoms with Gasteiger partial charge < -0.3 is 4.74 Å². The van der Waals surface area contributed by atoms with Crippen molar-refractivity contribution in [3.05, 3.63) is 30.5 Å². The topological polar surface area (TPSA) is 30.3 Å². The van der Waals surface area contributed by atoms with Crippen LogP contribution in [0.4, 0.5) is 0 Å². The van der Waals surface area contributed by atoms with Crippen LogP contribution >= 0.6 is 0 Å². The van der Waals surface area contributed by atoms with Crippen LogP contribution in [0.2, 0.25) is 0 Å². The first-order valence-corrected chi connectivity index (χ1v) is 10.5. The molecule has 0 N–H and O–H groups in total. The maximum Gasteiger partial charge on any atom is 0.0682 e. The Kier molecular flexibility index (Phi) is 5.60. The van der Waals surface area contributed by atoms with Crippen LogP contribution in [-0.2, 0) is 11.3 Å². The molecule has 4 nitrogen and oxygen atoms in total. The van der Waals surface area contributed by atoms with Gasteiger partial charge in [-0.15, -0.1) is 0 Å². The van der Waals surface area contributed by atoms with Crippen LogP contribution in [0.3, 0.4) is 0 Å². The van der Waals surface area contributed by atoms with Crippen molar-refractivity contribution in [3.63, 3.8) is 0 Å². The number of nitrogens with zero attached hydrogens (tertiary/aromatic N) is 3. The number of piperidine rings is 1. The van der Waals surface area contributed by atoms with Crippen molar-refractivity contribution < 1.29 is 4.74 Å². The molecule has 1 aromatic heterocycles. The van der Waals surface area contributed by atoms with Gasteiger partial charge in [-0.05, 0) is 56.9 Å². The number of rotatable bonds is 8. The molecule has 2 saturated heterocycles. The monoisotopic (exact) mass is 355 g/mol. The van der Waals surface area contributed by atoms with Gasteiger partial charge in [-0.1, -0.05) is 25.1 Å². The first-order valence-electron chi connectivity index (χ1n) is 10.5. The molecule has 0 saturated carbocycles. The third-order valence-corrected chi connectivity index (χ3v) is 6.41. The molecular formula is C22H33N3O. The molecule has 2 unspecified atom stereocenters. The average Bonchev–Trinajstić information content (AvgIpc) is 3.13. The SMILES string of the molecule is CCOCCC1C[C@H]2CC[C@@H](C1)N2CC(C)Cn1ncc2ccccc21. The van der Waals surface area contributed by atoms with Gasteiger partial charge in [-0.25, -0.2) is 0 Å². The molecule has 0 amide bonds. The fourth-order valence-corrected chi connectivity index (χ4v) is 5.20. The predicted molar refractivity (Wildman–Crippen MR) is 106 cm³/mol. The van der Waals surface area contributed by atoms with Gasteiger partial charge in [0.25, 0.3) is 0 Å². The molecule has 3 heterocycles. The molecular weight excluding hydrogens is 322 g/mol. The van der Waals surface area contributed by atoms with E-state index in [2.05, 4.69) is 52.8 Å². The lowest BCUT2D eigenvalue weighted by molar-refractivity contribution is 0.0635. The zero-order chi connectivity index (χ0) is 17.9. The third kappa shape index (κ3) is 3.81. The van der Waals surface area contributed by atoms with E-state index in [0.29, 0.717) is 5.92 Å². The highest BCUT2D eigenvalue weighted by atomic mass is 16.5. The number of benzene rings is 1. The number of ether oxygens (including phenoxy) is 1. The maximum absolute atomic E-state index is 5.59. The van der Waals surface area contributed by atoms with Gasteiger partial charge in [0.05, 0.1) is 11.7 Å². The van der Waals surface area contributed by atoms with Crippen molar-refractivity contribution in [3.8, 4) is 0 Å². The lowest BCUT2D eigenvalue weighted by Crippen LogP contribution is -2.45. The van der Waals surface area contributed by atoms with E-state index in [-0.39, 0.29) is 0 Å². The molecule has 26 heavy (non-hydrogen) atoms. The molecule has 1 aromatic carbocycles. The Morgan fingerprint density at radius 3 is 2.69 bits per heavy atom. The molecule has 0 radical (unpaired) electrons. The lowest BCUT2D eigenvalue weighted by Gasteiger charge is -2.40. The van der Waals surface area contributed by atoms with Crippen molar-refractivity contribution in [2.45, 2.75) is 64.6 Å². The van der Waals surface area contributed by atoms with Crippen LogP contribution in [0.15, 0.2) is 30.5 Å². The Bertz CT molecular complexity index is 698. The molecule has 142 valence electrons. The minimum atomic E-state index is 0.626. The van der Waals surface area contributed by atoms with E-state index < -0.39 is 0 Å². The molecule has 2 fully saturated rings. The Morgan fingerprint density at radius 2 is 1.92 bits per heavy atom. The molecule has 4 atom stereocenters. The average molecular weight is 356 g/mol. The van der Waals surface area contributed by atoms with Gasteiger partial charge >= 0.3 is 0 Å². The molecule has 2 bridgehead atoms. The van der Waals surface area contributed by atoms with E-state index >= 15 is 0 Å². The van der Waals surface area contributed by atoms with E-state index in [1.165, 1.54) is 49.6 Å². The van der Waals surface area contributed by atoms with Gasteiger partial charge in [0.2, 0.25) is 0 Å². The number of fused-ring (bicyclic) bond motifs is 3. The highest BCUT2D eigenvalue weighted by Crippen LogP contribution is 2.40. The number of hydrogen-bond donors (Lipinski definition) is 0. The van der Waals surface area contributed by atoms with Gasteiger partial charge in [0.1, 0.15) is 0 Å². The van der Waals surface area contributed by atoms with Crippen molar-refractivity contribution in [2.75, 3.05) is 19.8 Å². The summed E-state index contributed by atoms with van der Waals surface area (Å²) in [6, 6.07) is 10.1. The van der Waals surface area contributed by atoms with Crippen molar-refractivity contribution in [1.29, 1.82) is 0 Å². The highest BCUT2D eigenvalue weighted by Gasteiger charge is 2.40. The minimum absolute atomic E-state index is 0.626. The summed E-state index contributed by atoms with van der Waals surface area (Å²) in [5.41, 5.74) is 1.26. The molecule has 4 rings (SSSR count). The first kappa shape index (κ1) is 18.0. The zero-order valence-corrected chi connectivity index (χ0v) is 16.3.